The first-order chi connectivity index (χ1) is 17.6. The Labute approximate surface area is 209 Å². The monoisotopic (exact) mass is 483 g/mol. The second kappa shape index (κ2) is 10.6. The topological polar surface area (TPSA) is 73.7 Å². The molecule has 0 radical (unpaired) electrons. The molecule has 0 spiro atoms. The van der Waals surface area contributed by atoms with Crippen LogP contribution in [0.3, 0.4) is 0 Å². The summed E-state index contributed by atoms with van der Waals surface area (Å²) >= 11 is 0. The van der Waals surface area contributed by atoms with Gasteiger partial charge in [-0.1, -0.05) is 54.6 Å². The highest BCUT2D eigenvalue weighted by atomic mass is 16.6. The van der Waals surface area contributed by atoms with E-state index >= 15 is 0 Å². The number of benzene rings is 3. The van der Waals surface area contributed by atoms with Crippen LogP contribution in [0.2, 0.25) is 0 Å². The number of carbonyl (C=O) groups is 1. The molecule has 0 bridgehead atoms. The fraction of sp³-hybridized carbons (Fsp3) is 0.276. The molecule has 0 saturated carbocycles. The van der Waals surface area contributed by atoms with Gasteiger partial charge < -0.3 is 18.9 Å². The van der Waals surface area contributed by atoms with Gasteiger partial charge in [-0.05, 0) is 36.2 Å². The van der Waals surface area contributed by atoms with Crippen molar-refractivity contribution in [2.75, 3.05) is 20.2 Å². The number of amides is 1. The van der Waals surface area contributed by atoms with Gasteiger partial charge in [0.1, 0.15) is 12.3 Å². The van der Waals surface area contributed by atoms with Crippen molar-refractivity contribution < 1.29 is 14.3 Å². The van der Waals surface area contributed by atoms with Gasteiger partial charge in [-0.3, -0.25) is 9.59 Å². The first-order valence-electron chi connectivity index (χ1n) is 12.2. The van der Waals surface area contributed by atoms with Crippen molar-refractivity contribution in [2.24, 2.45) is 0 Å². The minimum Gasteiger partial charge on any atom is -0.486 e. The number of ether oxygens (including phenoxy) is 2. The van der Waals surface area contributed by atoms with Gasteiger partial charge in [0.15, 0.2) is 17.6 Å². The number of para-hydroxylation sites is 4. The molecule has 4 aromatic rings. The summed E-state index contributed by atoms with van der Waals surface area (Å²) in [6.45, 7) is 1.33. The molecule has 1 aliphatic rings. The maximum Gasteiger partial charge on any atom is 0.272 e. The average Bonchev–Trinajstić information content (AvgIpc) is 2.91. The van der Waals surface area contributed by atoms with E-state index in [9.17, 15) is 9.59 Å². The maximum absolute atomic E-state index is 13.4. The number of aryl methyl sites for hydroxylation is 3. The summed E-state index contributed by atoms with van der Waals surface area (Å²) in [5.41, 5.74) is 3.00. The number of hydrogen-bond donors (Lipinski definition) is 0. The molecule has 0 aliphatic carbocycles. The summed E-state index contributed by atoms with van der Waals surface area (Å²) in [7, 11) is 1.75. The Morgan fingerprint density at radius 1 is 0.972 bits per heavy atom. The molecular weight excluding hydrogens is 454 g/mol. The summed E-state index contributed by atoms with van der Waals surface area (Å²) in [5, 5.41) is 0. The van der Waals surface area contributed by atoms with E-state index in [2.05, 4.69) is 17.1 Å². The SMILES string of the molecule is CN(C[C@H]1COc2ccccc2O1)C(=O)CCc1nc2ccccc2n(CCc2ccccc2)c1=O. The van der Waals surface area contributed by atoms with Gasteiger partial charge in [0, 0.05) is 26.4 Å². The molecule has 0 saturated heterocycles. The second-order valence-electron chi connectivity index (χ2n) is 9.01. The minimum atomic E-state index is -0.247. The number of nitrogens with zero attached hydrogens (tertiary/aromatic N) is 3. The smallest absolute Gasteiger partial charge is 0.272 e. The van der Waals surface area contributed by atoms with Crippen molar-refractivity contribution in [3.8, 4) is 11.5 Å². The quantitative estimate of drug-likeness (QED) is 0.380. The molecule has 2 heterocycles. The second-order valence-corrected chi connectivity index (χ2v) is 9.01. The van der Waals surface area contributed by atoms with Crippen LogP contribution < -0.4 is 15.0 Å². The van der Waals surface area contributed by atoms with Crippen molar-refractivity contribution in [3.63, 3.8) is 0 Å². The number of likely N-dealkylation sites (N-methyl/N-ethyl adjacent to an activating group) is 1. The van der Waals surface area contributed by atoms with Crippen molar-refractivity contribution in [1.29, 1.82) is 0 Å². The van der Waals surface area contributed by atoms with E-state index in [-0.39, 0.29) is 30.4 Å². The van der Waals surface area contributed by atoms with E-state index in [1.54, 1.807) is 16.5 Å². The first kappa shape index (κ1) is 23.6. The molecule has 7 heteroatoms. The summed E-state index contributed by atoms with van der Waals surface area (Å²) in [4.78, 5) is 32.5. The van der Waals surface area contributed by atoms with Crippen LogP contribution in [0.25, 0.3) is 11.0 Å². The maximum atomic E-state index is 13.4. The third kappa shape index (κ3) is 5.25. The predicted octanol–water partition coefficient (Wildman–Crippen LogP) is 3.87. The fourth-order valence-electron chi connectivity index (χ4n) is 4.49. The summed E-state index contributed by atoms with van der Waals surface area (Å²) in [5.74, 6) is 1.34. The third-order valence-electron chi connectivity index (χ3n) is 6.43. The van der Waals surface area contributed by atoms with Crippen molar-refractivity contribution in [3.05, 3.63) is 100 Å². The van der Waals surface area contributed by atoms with Crippen LogP contribution in [0.4, 0.5) is 0 Å². The van der Waals surface area contributed by atoms with Crippen LogP contribution in [-0.2, 0) is 24.2 Å². The normalized spacial score (nSPS) is 14.5. The van der Waals surface area contributed by atoms with E-state index in [1.165, 1.54) is 5.56 Å². The Bertz CT molecular complexity index is 1420. The number of aromatic nitrogens is 2. The number of hydrogen-bond acceptors (Lipinski definition) is 5. The highest BCUT2D eigenvalue weighted by molar-refractivity contribution is 5.77. The lowest BCUT2D eigenvalue weighted by molar-refractivity contribution is -0.131. The van der Waals surface area contributed by atoms with E-state index in [0.717, 1.165) is 17.5 Å². The van der Waals surface area contributed by atoms with E-state index < -0.39 is 0 Å². The van der Waals surface area contributed by atoms with Crippen molar-refractivity contribution >= 4 is 16.9 Å². The standard InChI is InChI=1S/C29H29N3O4/c1-31(19-22-20-35-26-13-7-8-14-27(26)36-22)28(33)16-15-24-29(34)32(18-17-21-9-3-2-4-10-21)25-12-6-5-11-23(25)30-24/h2-14,22H,15-20H2,1H3/t22-/m0/s1. The van der Waals surface area contributed by atoms with E-state index in [0.29, 0.717) is 36.9 Å². The minimum absolute atomic E-state index is 0.0670. The summed E-state index contributed by atoms with van der Waals surface area (Å²) in [6.07, 6.45) is 0.966. The van der Waals surface area contributed by atoms with Crippen LogP contribution >= 0.6 is 0 Å². The molecule has 7 nitrogen and oxygen atoms in total. The largest absolute Gasteiger partial charge is 0.486 e. The number of rotatable bonds is 8. The van der Waals surface area contributed by atoms with Gasteiger partial charge in [-0.15, -0.1) is 0 Å². The summed E-state index contributed by atoms with van der Waals surface area (Å²) in [6, 6.07) is 25.3. The zero-order chi connectivity index (χ0) is 24.9. The van der Waals surface area contributed by atoms with Crippen LogP contribution in [0.1, 0.15) is 17.7 Å². The lowest BCUT2D eigenvalue weighted by Gasteiger charge is -2.29. The Kier molecular flexibility index (Phi) is 6.98. The van der Waals surface area contributed by atoms with Crippen LogP contribution in [0.15, 0.2) is 83.7 Å². The molecule has 3 aromatic carbocycles. The first-order valence-corrected chi connectivity index (χ1v) is 12.2. The van der Waals surface area contributed by atoms with Gasteiger partial charge in [-0.2, -0.15) is 0 Å². The Morgan fingerprint density at radius 2 is 1.69 bits per heavy atom. The highest BCUT2D eigenvalue weighted by Gasteiger charge is 2.24. The molecule has 5 rings (SSSR count). The number of fused-ring (bicyclic) bond motifs is 2. The molecule has 1 aromatic heterocycles. The zero-order valence-electron chi connectivity index (χ0n) is 20.3. The van der Waals surface area contributed by atoms with Gasteiger partial charge >= 0.3 is 0 Å². The highest BCUT2D eigenvalue weighted by Crippen LogP contribution is 2.31. The van der Waals surface area contributed by atoms with Gasteiger partial charge in [-0.25, -0.2) is 4.98 Å². The molecule has 0 unspecified atom stereocenters. The molecule has 1 atom stereocenters. The number of carbonyl (C=O) groups excluding carboxylic acids is 1. The predicted molar refractivity (Wildman–Crippen MR) is 138 cm³/mol. The Hall–Kier alpha value is -4.13. The third-order valence-corrected chi connectivity index (χ3v) is 6.43. The molecule has 36 heavy (non-hydrogen) atoms. The molecule has 184 valence electrons. The fourth-order valence-corrected chi connectivity index (χ4v) is 4.49. The van der Waals surface area contributed by atoms with Crippen LogP contribution in [-0.4, -0.2) is 46.7 Å². The van der Waals surface area contributed by atoms with E-state index in [4.69, 9.17) is 9.47 Å². The van der Waals surface area contributed by atoms with Gasteiger partial charge in [0.2, 0.25) is 5.91 Å². The Morgan fingerprint density at radius 3 is 2.53 bits per heavy atom. The Balaban J connectivity index is 1.26. The molecular formula is C29H29N3O4. The lowest BCUT2D eigenvalue weighted by atomic mass is 10.1. The van der Waals surface area contributed by atoms with Crippen LogP contribution in [0.5, 0.6) is 11.5 Å². The molecule has 1 aliphatic heterocycles. The van der Waals surface area contributed by atoms with E-state index in [1.807, 2.05) is 66.7 Å². The van der Waals surface area contributed by atoms with Gasteiger partial charge in [0.05, 0.1) is 17.6 Å². The lowest BCUT2D eigenvalue weighted by Crippen LogP contribution is -2.42. The molecule has 0 fully saturated rings. The van der Waals surface area contributed by atoms with Crippen molar-refractivity contribution in [2.45, 2.75) is 31.9 Å². The average molecular weight is 484 g/mol. The molecule has 0 N–H and O–H groups in total. The molecule has 1 amide bonds. The van der Waals surface area contributed by atoms with Crippen LogP contribution in [0, 0.1) is 0 Å². The summed E-state index contributed by atoms with van der Waals surface area (Å²) < 4.78 is 13.5. The van der Waals surface area contributed by atoms with Gasteiger partial charge in [0.25, 0.3) is 5.56 Å². The zero-order valence-corrected chi connectivity index (χ0v) is 20.3. The van der Waals surface area contributed by atoms with Crippen molar-refractivity contribution in [1.82, 2.24) is 14.5 Å².